The summed E-state index contributed by atoms with van der Waals surface area (Å²) < 4.78 is 13.9. The molecule has 0 heterocycles. The Morgan fingerprint density at radius 2 is 1.71 bits per heavy atom. The minimum Gasteiger partial charge on any atom is -0.351 e. The zero-order valence-corrected chi connectivity index (χ0v) is 13.0. The van der Waals surface area contributed by atoms with Gasteiger partial charge in [-0.3, -0.25) is 4.79 Å². The van der Waals surface area contributed by atoms with Crippen LogP contribution in [0.4, 0.5) is 4.39 Å². The van der Waals surface area contributed by atoms with Crippen molar-refractivity contribution in [1.82, 2.24) is 5.32 Å². The summed E-state index contributed by atoms with van der Waals surface area (Å²) in [7, 11) is 0. The first-order chi connectivity index (χ1) is 10.1. The molecule has 0 atom stereocenters. The van der Waals surface area contributed by atoms with Crippen LogP contribution in [0.3, 0.4) is 0 Å². The normalized spacial score (nSPS) is 15.5. The third-order valence-corrected chi connectivity index (χ3v) is 4.53. The number of carbonyl (C=O) groups excluding carboxylic acids is 1. The maximum atomic E-state index is 13.0. The van der Waals surface area contributed by atoms with Crippen molar-refractivity contribution in [2.24, 2.45) is 0 Å². The maximum absolute atomic E-state index is 13.0. The molecule has 1 aliphatic carbocycles. The quantitative estimate of drug-likeness (QED) is 0.887. The van der Waals surface area contributed by atoms with Gasteiger partial charge in [-0.2, -0.15) is 0 Å². The fourth-order valence-electron chi connectivity index (χ4n) is 2.47. The van der Waals surface area contributed by atoms with Crippen LogP contribution < -0.4 is 5.32 Å². The average Bonchev–Trinajstić information content (AvgIpc) is 3.27. The molecule has 0 unspecified atom stereocenters. The molecule has 0 bridgehead atoms. The lowest BCUT2D eigenvalue weighted by Crippen LogP contribution is -2.32. The van der Waals surface area contributed by atoms with E-state index in [1.54, 1.807) is 12.1 Å². The molecule has 2 aromatic rings. The molecule has 0 spiro atoms. The Kier molecular flexibility index (Phi) is 3.81. The Balaban J connectivity index is 1.66. The number of nitrogens with one attached hydrogen (secondary N) is 1. The van der Waals surface area contributed by atoms with Crippen LogP contribution in [0.1, 0.15) is 28.8 Å². The van der Waals surface area contributed by atoms with Gasteiger partial charge < -0.3 is 5.32 Å². The molecule has 2 aromatic carbocycles. The predicted molar refractivity (Wildman–Crippen MR) is 83.8 cm³/mol. The van der Waals surface area contributed by atoms with Gasteiger partial charge in [-0.15, -0.1) is 0 Å². The molecular formula is C17H15BrFNO. The highest BCUT2D eigenvalue weighted by molar-refractivity contribution is 9.10. The van der Waals surface area contributed by atoms with E-state index in [0.29, 0.717) is 12.1 Å². The zero-order chi connectivity index (χ0) is 14.9. The second-order valence-corrected chi connectivity index (χ2v) is 6.39. The highest BCUT2D eigenvalue weighted by atomic mass is 79.9. The second-order valence-electron chi connectivity index (χ2n) is 5.48. The van der Waals surface area contributed by atoms with Gasteiger partial charge in [0.15, 0.2) is 0 Å². The molecule has 1 aliphatic rings. The van der Waals surface area contributed by atoms with Gasteiger partial charge in [-0.05, 0) is 54.8 Å². The monoisotopic (exact) mass is 347 g/mol. The fourth-order valence-corrected chi connectivity index (χ4v) is 2.74. The molecule has 0 aromatic heterocycles. The van der Waals surface area contributed by atoms with Gasteiger partial charge >= 0.3 is 0 Å². The van der Waals surface area contributed by atoms with Gasteiger partial charge in [0.1, 0.15) is 5.82 Å². The van der Waals surface area contributed by atoms with Crippen molar-refractivity contribution >= 4 is 21.8 Å². The Morgan fingerprint density at radius 3 is 2.29 bits per heavy atom. The molecule has 0 saturated heterocycles. The van der Waals surface area contributed by atoms with Crippen molar-refractivity contribution in [2.45, 2.75) is 18.3 Å². The van der Waals surface area contributed by atoms with Crippen LogP contribution >= 0.6 is 15.9 Å². The largest absolute Gasteiger partial charge is 0.351 e. The van der Waals surface area contributed by atoms with E-state index in [0.717, 1.165) is 22.9 Å². The van der Waals surface area contributed by atoms with E-state index in [-0.39, 0.29) is 17.1 Å². The van der Waals surface area contributed by atoms with Gasteiger partial charge in [0.05, 0.1) is 0 Å². The topological polar surface area (TPSA) is 29.1 Å². The molecule has 2 nitrogen and oxygen atoms in total. The van der Waals surface area contributed by atoms with E-state index >= 15 is 0 Å². The standard InChI is InChI=1S/C17H15BrFNO/c18-14-5-1-12(2-6-14)16(21)20-11-17(9-10-17)13-3-7-15(19)8-4-13/h1-8H,9-11H2,(H,20,21). The van der Waals surface area contributed by atoms with Crippen LogP contribution in [-0.2, 0) is 5.41 Å². The first-order valence-electron chi connectivity index (χ1n) is 6.89. The Morgan fingerprint density at radius 1 is 1.10 bits per heavy atom. The molecule has 1 fully saturated rings. The Hall–Kier alpha value is -1.68. The number of rotatable bonds is 4. The molecule has 21 heavy (non-hydrogen) atoms. The van der Waals surface area contributed by atoms with Crippen molar-refractivity contribution in [1.29, 1.82) is 0 Å². The van der Waals surface area contributed by atoms with Crippen LogP contribution in [0.25, 0.3) is 0 Å². The van der Waals surface area contributed by atoms with Crippen LogP contribution in [0.5, 0.6) is 0 Å². The SMILES string of the molecule is O=C(NCC1(c2ccc(F)cc2)CC1)c1ccc(Br)cc1. The third-order valence-electron chi connectivity index (χ3n) is 4.00. The fraction of sp³-hybridized carbons (Fsp3) is 0.235. The predicted octanol–water partition coefficient (Wildman–Crippen LogP) is 4.05. The van der Waals surface area contributed by atoms with Gasteiger partial charge in [-0.25, -0.2) is 4.39 Å². The zero-order valence-electron chi connectivity index (χ0n) is 11.4. The van der Waals surface area contributed by atoms with Crippen molar-refractivity contribution in [2.75, 3.05) is 6.54 Å². The lowest BCUT2D eigenvalue weighted by molar-refractivity contribution is 0.0949. The molecule has 0 radical (unpaired) electrons. The summed E-state index contributed by atoms with van der Waals surface area (Å²) in [5.41, 5.74) is 1.73. The van der Waals surface area contributed by atoms with E-state index in [9.17, 15) is 9.18 Å². The lowest BCUT2D eigenvalue weighted by Gasteiger charge is -2.16. The third kappa shape index (κ3) is 3.16. The average molecular weight is 348 g/mol. The van der Waals surface area contributed by atoms with Gasteiger partial charge in [0.2, 0.25) is 0 Å². The van der Waals surface area contributed by atoms with E-state index in [1.165, 1.54) is 12.1 Å². The molecule has 4 heteroatoms. The van der Waals surface area contributed by atoms with Crippen molar-refractivity contribution in [3.05, 3.63) is 69.9 Å². The van der Waals surface area contributed by atoms with Crippen molar-refractivity contribution in [3.63, 3.8) is 0 Å². The molecule has 1 saturated carbocycles. The van der Waals surface area contributed by atoms with Crippen molar-refractivity contribution in [3.8, 4) is 0 Å². The van der Waals surface area contributed by atoms with E-state index in [1.807, 2.05) is 24.3 Å². The maximum Gasteiger partial charge on any atom is 0.251 e. The van der Waals surface area contributed by atoms with Gasteiger partial charge in [0.25, 0.3) is 5.91 Å². The number of amides is 1. The first kappa shape index (κ1) is 14.3. The van der Waals surface area contributed by atoms with E-state index in [2.05, 4.69) is 21.2 Å². The molecule has 1 N–H and O–H groups in total. The van der Waals surface area contributed by atoms with E-state index in [4.69, 9.17) is 0 Å². The second kappa shape index (κ2) is 5.60. The Bertz CT molecular complexity index is 647. The highest BCUT2D eigenvalue weighted by Crippen LogP contribution is 2.47. The van der Waals surface area contributed by atoms with Crippen LogP contribution in [0.15, 0.2) is 53.0 Å². The van der Waals surface area contributed by atoms with Gasteiger partial charge in [-0.1, -0.05) is 28.1 Å². The summed E-state index contributed by atoms with van der Waals surface area (Å²) in [5.74, 6) is -0.302. The van der Waals surface area contributed by atoms with Crippen molar-refractivity contribution < 1.29 is 9.18 Å². The number of hydrogen-bond donors (Lipinski definition) is 1. The minimum atomic E-state index is -0.228. The van der Waals surface area contributed by atoms with Gasteiger partial charge in [0, 0.05) is 22.0 Å². The molecule has 0 aliphatic heterocycles. The number of benzene rings is 2. The lowest BCUT2D eigenvalue weighted by atomic mass is 9.96. The van der Waals surface area contributed by atoms with Crippen LogP contribution in [-0.4, -0.2) is 12.5 Å². The summed E-state index contributed by atoms with van der Waals surface area (Å²) >= 11 is 3.35. The summed E-state index contributed by atoms with van der Waals surface area (Å²) in [6, 6.07) is 13.9. The summed E-state index contributed by atoms with van der Waals surface area (Å²) in [5, 5.41) is 2.99. The highest BCUT2D eigenvalue weighted by Gasteiger charge is 2.44. The molecule has 3 rings (SSSR count). The smallest absolute Gasteiger partial charge is 0.251 e. The number of halogens is 2. The Labute approximate surface area is 131 Å². The van der Waals surface area contributed by atoms with Crippen LogP contribution in [0, 0.1) is 5.82 Å². The van der Waals surface area contributed by atoms with Crippen LogP contribution in [0.2, 0.25) is 0 Å². The molecule has 1 amide bonds. The summed E-state index contributed by atoms with van der Waals surface area (Å²) in [4.78, 5) is 12.1. The van der Waals surface area contributed by atoms with E-state index < -0.39 is 0 Å². The first-order valence-corrected chi connectivity index (χ1v) is 7.68. The summed E-state index contributed by atoms with van der Waals surface area (Å²) in [6.07, 6.45) is 2.05. The molecule has 108 valence electrons. The molecular weight excluding hydrogens is 333 g/mol. The summed E-state index contributed by atoms with van der Waals surface area (Å²) in [6.45, 7) is 0.591. The minimum absolute atomic E-state index is 0.0152. The number of carbonyl (C=O) groups is 1. The number of hydrogen-bond acceptors (Lipinski definition) is 1.